The van der Waals surface area contributed by atoms with Crippen molar-refractivity contribution in [2.45, 2.75) is 6.10 Å². The largest absolute Gasteiger partial charge is 0.488 e. The van der Waals surface area contributed by atoms with Crippen LogP contribution in [-0.2, 0) is 0 Å². The van der Waals surface area contributed by atoms with Gasteiger partial charge in [-0.25, -0.2) is 4.79 Å². The molecule has 1 saturated heterocycles. The Morgan fingerprint density at radius 1 is 1.33 bits per heavy atom. The second-order valence-corrected chi connectivity index (χ2v) is 3.23. The number of rotatable bonds is 3. The van der Waals surface area contributed by atoms with Gasteiger partial charge in [0.25, 0.3) is 0 Å². The number of aromatic carboxylic acids is 1. The number of carbonyl (C=O) groups is 1. The fourth-order valence-electron chi connectivity index (χ4n) is 1.21. The van der Waals surface area contributed by atoms with Crippen molar-refractivity contribution in [3.05, 3.63) is 29.8 Å². The first-order chi connectivity index (χ1) is 6.75. The van der Waals surface area contributed by atoms with Crippen LogP contribution in [-0.4, -0.2) is 30.3 Å². The van der Waals surface area contributed by atoms with Crippen molar-refractivity contribution in [3.8, 4) is 5.75 Å². The van der Waals surface area contributed by atoms with E-state index in [1.165, 1.54) is 0 Å². The normalized spacial score (nSPS) is 14.9. The van der Waals surface area contributed by atoms with E-state index in [1.807, 2.05) is 0 Å². The van der Waals surface area contributed by atoms with Gasteiger partial charge in [0.15, 0.2) is 0 Å². The van der Waals surface area contributed by atoms with Crippen LogP contribution in [0.15, 0.2) is 24.3 Å². The maximum atomic E-state index is 10.6. The molecule has 0 aromatic heterocycles. The number of nitrogens with one attached hydrogen (secondary N) is 1. The van der Waals surface area contributed by atoms with Gasteiger partial charge >= 0.3 is 5.97 Å². The highest BCUT2D eigenvalue weighted by Gasteiger charge is 2.18. The topological polar surface area (TPSA) is 58.6 Å². The second kappa shape index (κ2) is 5.00. The molecule has 1 aliphatic rings. The van der Waals surface area contributed by atoms with E-state index in [-0.39, 0.29) is 24.1 Å². The quantitative estimate of drug-likeness (QED) is 0.817. The Kier molecular flexibility index (Phi) is 3.94. The van der Waals surface area contributed by atoms with Crippen molar-refractivity contribution >= 4 is 18.4 Å². The van der Waals surface area contributed by atoms with E-state index >= 15 is 0 Å². The molecule has 0 saturated carbocycles. The van der Waals surface area contributed by atoms with Gasteiger partial charge in [-0.15, -0.1) is 12.4 Å². The van der Waals surface area contributed by atoms with Gasteiger partial charge in [-0.2, -0.15) is 0 Å². The van der Waals surface area contributed by atoms with Crippen molar-refractivity contribution in [1.82, 2.24) is 5.32 Å². The highest BCUT2D eigenvalue weighted by Crippen LogP contribution is 2.15. The van der Waals surface area contributed by atoms with Crippen LogP contribution in [0, 0.1) is 0 Å². The van der Waals surface area contributed by atoms with Gasteiger partial charge in [0.05, 0.1) is 5.56 Å². The van der Waals surface area contributed by atoms with E-state index in [0.29, 0.717) is 0 Å². The molecule has 0 amide bonds. The lowest BCUT2D eigenvalue weighted by Crippen LogP contribution is -2.50. The summed E-state index contributed by atoms with van der Waals surface area (Å²) in [4.78, 5) is 10.6. The molecule has 15 heavy (non-hydrogen) atoms. The Morgan fingerprint density at radius 2 is 1.93 bits per heavy atom. The average molecular weight is 230 g/mol. The van der Waals surface area contributed by atoms with E-state index in [9.17, 15) is 4.79 Å². The van der Waals surface area contributed by atoms with E-state index < -0.39 is 5.97 Å². The van der Waals surface area contributed by atoms with Crippen LogP contribution in [0.4, 0.5) is 0 Å². The monoisotopic (exact) mass is 229 g/mol. The summed E-state index contributed by atoms with van der Waals surface area (Å²) in [6.45, 7) is 1.72. The van der Waals surface area contributed by atoms with E-state index in [2.05, 4.69) is 5.32 Å². The summed E-state index contributed by atoms with van der Waals surface area (Å²) in [7, 11) is 0. The van der Waals surface area contributed by atoms with Crippen LogP contribution < -0.4 is 10.1 Å². The fraction of sp³-hybridized carbons (Fsp3) is 0.300. The number of ether oxygens (including phenoxy) is 1. The summed E-state index contributed by atoms with van der Waals surface area (Å²) in [6.07, 6.45) is 0.227. The third-order valence-corrected chi connectivity index (χ3v) is 2.15. The van der Waals surface area contributed by atoms with Gasteiger partial charge in [0, 0.05) is 13.1 Å². The molecule has 0 bridgehead atoms. The van der Waals surface area contributed by atoms with Gasteiger partial charge in [-0.3, -0.25) is 0 Å². The van der Waals surface area contributed by atoms with Crippen molar-refractivity contribution < 1.29 is 14.6 Å². The summed E-state index contributed by atoms with van der Waals surface area (Å²) < 4.78 is 5.53. The predicted octanol–water partition coefficient (Wildman–Crippen LogP) is 1.16. The molecule has 4 nitrogen and oxygen atoms in total. The Morgan fingerprint density at radius 3 is 2.33 bits per heavy atom. The van der Waals surface area contributed by atoms with Gasteiger partial charge in [0.2, 0.25) is 0 Å². The third kappa shape index (κ3) is 2.84. The summed E-state index contributed by atoms with van der Waals surface area (Å²) in [5.41, 5.74) is 0.282. The van der Waals surface area contributed by atoms with Crippen LogP contribution in [0.3, 0.4) is 0 Å². The van der Waals surface area contributed by atoms with Gasteiger partial charge in [0.1, 0.15) is 11.9 Å². The lowest BCUT2D eigenvalue weighted by atomic mass is 10.2. The first-order valence-corrected chi connectivity index (χ1v) is 4.46. The number of carboxylic acids is 1. The third-order valence-electron chi connectivity index (χ3n) is 2.15. The molecule has 0 atom stereocenters. The van der Waals surface area contributed by atoms with Crippen molar-refractivity contribution in [2.24, 2.45) is 0 Å². The van der Waals surface area contributed by atoms with Crippen LogP contribution in [0.1, 0.15) is 10.4 Å². The minimum absolute atomic E-state index is 0. The van der Waals surface area contributed by atoms with Crippen LogP contribution in [0.25, 0.3) is 0 Å². The molecule has 1 fully saturated rings. The maximum Gasteiger partial charge on any atom is 0.335 e. The molecule has 2 rings (SSSR count). The SMILES string of the molecule is Cl.O=C(O)c1ccc(OC2CNC2)cc1. The predicted molar refractivity (Wildman–Crippen MR) is 57.9 cm³/mol. The average Bonchev–Trinajstić information content (AvgIpc) is 2.12. The summed E-state index contributed by atoms with van der Waals surface area (Å²) >= 11 is 0. The lowest BCUT2D eigenvalue weighted by Gasteiger charge is -2.27. The zero-order chi connectivity index (χ0) is 9.97. The van der Waals surface area contributed by atoms with E-state index in [1.54, 1.807) is 24.3 Å². The zero-order valence-electron chi connectivity index (χ0n) is 7.97. The number of benzene rings is 1. The summed E-state index contributed by atoms with van der Waals surface area (Å²) in [6, 6.07) is 6.46. The molecule has 1 aromatic carbocycles. The molecule has 2 N–H and O–H groups in total. The van der Waals surface area contributed by atoms with Crippen LogP contribution in [0.2, 0.25) is 0 Å². The van der Waals surface area contributed by atoms with E-state index in [4.69, 9.17) is 9.84 Å². The molecule has 1 heterocycles. The number of hydrogen-bond donors (Lipinski definition) is 2. The minimum Gasteiger partial charge on any atom is -0.488 e. The van der Waals surface area contributed by atoms with Gasteiger partial charge < -0.3 is 15.2 Å². The number of halogens is 1. The molecule has 0 spiro atoms. The Balaban J connectivity index is 0.00000112. The minimum atomic E-state index is -0.915. The Hall–Kier alpha value is -1.26. The highest BCUT2D eigenvalue weighted by molar-refractivity contribution is 5.87. The smallest absolute Gasteiger partial charge is 0.335 e. The highest BCUT2D eigenvalue weighted by atomic mass is 35.5. The van der Waals surface area contributed by atoms with Crippen LogP contribution >= 0.6 is 12.4 Å². The molecule has 0 aliphatic carbocycles. The Bertz CT molecular complexity index is 335. The molecule has 0 radical (unpaired) electrons. The molecule has 0 unspecified atom stereocenters. The fourth-order valence-corrected chi connectivity index (χ4v) is 1.21. The summed E-state index contributed by atoms with van der Waals surface area (Å²) in [5.74, 6) is -0.191. The molecule has 1 aromatic rings. The zero-order valence-corrected chi connectivity index (χ0v) is 8.79. The number of carboxylic acid groups (broad SMARTS) is 1. The van der Waals surface area contributed by atoms with Crippen LogP contribution in [0.5, 0.6) is 5.75 Å². The standard InChI is InChI=1S/C10H11NO3.ClH/c12-10(13)7-1-3-8(4-2-7)14-9-5-11-6-9;/h1-4,9,11H,5-6H2,(H,12,13);1H. The van der Waals surface area contributed by atoms with Gasteiger partial charge in [-0.1, -0.05) is 0 Å². The molecule has 5 heteroatoms. The Labute approximate surface area is 93.7 Å². The molecule has 82 valence electrons. The first-order valence-electron chi connectivity index (χ1n) is 4.46. The molecule has 1 aliphatic heterocycles. The maximum absolute atomic E-state index is 10.6. The van der Waals surface area contributed by atoms with E-state index in [0.717, 1.165) is 18.8 Å². The van der Waals surface area contributed by atoms with Crippen molar-refractivity contribution in [2.75, 3.05) is 13.1 Å². The molecular formula is C10H12ClNO3. The lowest BCUT2D eigenvalue weighted by molar-refractivity contribution is 0.0697. The second-order valence-electron chi connectivity index (χ2n) is 3.23. The molecular weight excluding hydrogens is 218 g/mol. The van der Waals surface area contributed by atoms with Crippen molar-refractivity contribution in [1.29, 1.82) is 0 Å². The summed E-state index contributed by atoms with van der Waals surface area (Å²) in [5, 5.41) is 11.8. The van der Waals surface area contributed by atoms with Crippen molar-refractivity contribution in [3.63, 3.8) is 0 Å². The van der Waals surface area contributed by atoms with Gasteiger partial charge in [-0.05, 0) is 24.3 Å². The number of hydrogen-bond acceptors (Lipinski definition) is 3. The first kappa shape index (κ1) is 11.8.